The predicted molar refractivity (Wildman–Crippen MR) is 84.7 cm³/mol. The lowest BCUT2D eigenvalue weighted by atomic mass is 9.98. The maximum absolute atomic E-state index is 12.4. The van der Waals surface area contributed by atoms with Crippen LogP contribution in [0.3, 0.4) is 0 Å². The summed E-state index contributed by atoms with van der Waals surface area (Å²) in [4.78, 5) is 0.0341. The van der Waals surface area contributed by atoms with Crippen molar-refractivity contribution in [1.29, 1.82) is 0 Å². The first-order chi connectivity index (χ1) is 9.78. The molecule has 4 nitrogen and oxygen atoms in total. The van der Waals surface area contributed by atoms with Gasteiger partial charge in [-0.3, -0.25) is 0 Å². The van der Waals surface area contributed by atoms with Gasteiger partial charge < -0.3 is 5.11 Å². The van der Waals surface area contributed by atoms with Crippen molar-refractivity contribution in [3.63, 3.8) is 0 Å². The Bertz CT molecular complexity index is 655. The van der Waals surface area contributed by atoms with E-state index in [2.05, 4.69) is 16.6 Å². The van der Waals surface area contributed by atoms with E-state index in [0.717, 1.165) is 0 Å². The summed E-state index contributed by atoms with van der Waals surface area (Å²) in [5, 5.41) is 8.76. The molecule has 0 radical (unpaired) electrons. The highest BCUT2D eigenvalue weighted by molar-refractivity contribution is 7.89. The van der Waals surface area contributed by atoms with Gasteiger partial charge >= 0.3 is 0 Å². The SMILES string of the molecule is CCC(C)(CC)NS(=O)(=O)c1ccc(C#CCO)cc1Cl. The molecule has 0 unspecified atom stereocenters. The van der Waals surface area contributed by atoms with Gasteiger partial charge in [0.15, 0.2) is 0 Å². The van der Waals surface area contributed by atoms with Gasteiger partial charge in [0.2, 0.25) is 10.0 Å². The van der Waals surface area contributed by atoms with E-state index in [1.165, 1.54) is 12.1 Å². The quantitative estimate of drug-likeness (QED) is 0.816. The summed E-state index contributed by atoms with van der Waals surface area (Å²) in [5.41, 5.74) is 0.0547. The van der Waals surface area contributed by atoms with Crippen LogP contribution in [0, 0.1) is 11.8 Å². The van der Waals surface area contributed by atoms with Crippen LogP contribution in [-0.4, -0.2) is 25.7 Å². The van der Waals surface area contributed by atoms with Crippen LogP contribution >= 0.6 is 11.6 Å². The molecule has 0 spiro atoms. The normalized spacial score (nSPS) is 11.9. The molecular formula is C15H20ClNO3S. The van der Waals surface area contributed by atoms with Crippen LogP contribution in [0.2, 0.25) is 5.02 Å². The van der Waals surface area contributed by atoms with Crippen molar-refractivity contribution in [2.24, 2.45) is 0 Å². The van der Waals surface area contributed by atoms with Crippen molar-refractivity contribution in [2.75, 3.05) is 6.61 Å². The number of halogens is 1. The van der Waals surface area contributed by atoms with Crippen LogP contribution in [0.4, 0.5) is 0 Å². The van der Waals surface area contributed by atoms with E-state index in [4.69, 9.17) is 16.7 Å². The van der Waals surface area contributed by atoms with Crippen LogP contribution in [0.15, 0.2) is 23.1 Å². The molecule has 21 heavy (non-hydrogen) atoms. The average Bonchev–Trinajstić information content (AvgIpc) is 2.44. The molecule has 0 saturated heterocycles. The van der Waals surface area contributed by atoms with Gasteiger partial charge in [-0.15, -0.1) is 0 Å². The Kier molecular flexibility index (Phi) is 6.24. The average molecular weight is 330 g/mol. The first-order valence-corrected chi connectivity index (χ1v) is 8.57. The summed E-state index contributed by atoms with van der Waals surface area (Å²) in [6.07, 6.45) is 1.36. The summed E-state index contributed by atoms with van der Waals surface area (Å²) in [7, 11) is -3.69. The summed E-state index contributed by atoms with van der Waals surface area (Å²) >= 11 is 6.06. The van der Waals surface area contributed by atoms with E-state index in [9.17, 15) is 8.42 Å². The monoisotopic (exact) mass is 329 g/mol. The van der Waals surface area contributed by atoms with Gasteiger partial charge in [-0.25, -0.2) is 13.1 Å². The van der Waals surface area contributed by atoms with Gasteiger partial charge in [-0.2, -0.15) is 0 Å². The van der Waals surface area contributed by atoms with Crippen LogP contribution in [0.5, 0.6) is 0 Å². The lowest BCUT2D eigenvalue weighted by Gasteiger charge is -2.28. The van der Waals surface area contributed by atoms with Gasteiger partial charge in [0.1, 0.15) is 11.5 Å². The minimum absolute atomic E-state index is 0.0341. The molecule has 0 bridgehead atoms. The maximum atomic E-state index is 12.4. The number of hydrogen-bond acceptors (Lipinski definition) is 3. The second kappa shape index (κ2) is 7.28. The number of nitrogens with one attached hydrogen (secondary N) is 1. The summed E-state index contributed by atoms with van der Waals surface area (Å²) in [6.45, 7) is 5.46. The highest BCUT2D eigenvalue weighted by atomic mass is 35.5. The van der Waals surface area contributed by atoms with Gasteiger partial charge in [0.05, 0.1) is 5.02 Å². The molecule has 1 aromatic rings. The summed E-state index contributed by atoms with van der Waals surface area (Å²) in [5.74, 6) is 5.17. The number of hydrogen-bond donors (Lipinski definition) is 2. The first kappa shape index (κ1) is 18.0. The largest absolute Gasteiger partial charge is 0.384 e. The number of rotatable bonds is 5. The lowest BCUT2D eigenvalue weighted by Crippen LogP contribution is -2.44. The van der Waals surface area contributed by atoms with Crippen LogP contribution in [-0.2, 0) is 10.0 Å². The van der Waals surface area contributed by atoms with E-state index < -0.39 is 15.6 Å². The van der Waals surface area contributed by atoms with E-state index in [1.54, 1.807) is 6.07 Å². The molecule has 6 heteroatoms. The van der Waals surface area contributed by atoms with Gasteiger partial charge in [-0.1, -0.05) is 37.3 Å². The Morgan fingerprint density at radius 2 is 1.95 bits per heavy atom. The van der Waals surface area contributed by atoms with Crippen molar-refractivity contribution in [1.82, 2.24) is 4.72 Å². The number of benzene rings is 1. The molecule has 116 valence electrons. The third-order valence-electron chi connectivity index (χ3n) is 3.47. The highest BCUT2D eigenvalue weighted by Crippen LogP contribution is 2.25. The Morgan fingerprint density at radius 1 is 1.33 bits per heavy atom. The smallest absolute Gasteiger partial charge is 0.242 e. The fraction of sp³-hybridized carbons (Fsp3) is 0.467. The number of aliphatic hydroxyl groups excluding tert-OH is 1. The summed E-state index contributed by atoms with van der Waals surface area (Å²) in [6, 6.07) is 4.48. The van der Waals surface area contributed by atoms with E-state index in [-0.39, 0.29) is 16.5 Å². The van der Waals surface area contributed by atoms with Crippen LogP contribution < -0.4 is 4.72 Å². The highest BCUT2D eigenvalue weighted by Gasteiger charge is 2.28. The molecule has 0 saturated carbocycles. The van der Waals surface area contributed by atoms with E-state index in [0.29, 0.717) is 18.4 Å². The Labute approximate surface area is 131 Å². The fourth-order valence-corrected chi connectivity index (χ4v) is 3.81. The molecule has 0 heterocycles. The zero-order valence-electron chi connectivity index (χ0n) is 12.4. The number of aliphatic hydroxyl groups is 1. The second-order valence-corrected chi connectivity index (χ2v) is 7.04. The van der Waals surface area contributed by atoms with E-state index in [1.807, 2.05) is 20.8 Å². The third-order valence-corrected chi connectivity index (χ3v) is 5.60. The second-order valence-electron chi connectivity index (χ2n) is 4.98. The standard InChI is InChI=1S/C15H20ClNO3S/c1-4-15(3,5-2)17-21(19,20)14-9-8-12(7-6-10-18)11-13(14)16/h8-9,11,17-18H,4-5,10H2,1-3H3. The zero-order chi connectivity index (χ0) is 16.1. The first-order valence-electron chi connectivity index (χ1n) is 6.71. The van der Waals surface area contributed by atoms with E-state index >= 15 is 0 Å². The Hall–Kier alpha value is -1.06. The maximum Gasteiger partial charge on any atom is 0.242 e. The minimum atomic E-state index is -3.69. The van der Waals surface area contributed by atoms with Crippen molar-refractivity contribution >= 4 is 21.6 Å². The Morgan fingerprint density at radius 3 is 2.43 bits per heavy atom. The van der Waals surface area contributed by atoms with Crippen molar-refractivity contribution in [3.8, 4) is 11.8 Å². The molecule has 0 aromatic heterocycles. The van der Waals surface area contributed by atoms with Crippen LogP contribution in [0.1, 0.15) is 39.2 Å². The minimum Gasteiger partial charge on any atom is -0.384 e. The molecule has 0 aliphatic heterocycles. The molecule has 0 aliphatic carbocycles. The molecule has 0 aliphatic rings. The van der Waals surface area contributed by atoms with Crippen LogP contribution in [0.25, 0.3) is 0 Å². The molecule has 2 N–H and O–H groups in total. The fourth-order valence-electron chi connectivity index (χ4n) is 1.71. The van der Waals surface area contributed by atoms with Crippen molar-refractivity contribution in [2.45, 2.75) is 44.0 Å². The molecule has 0 amide bonds. The molecule has 1 rings (SSSR count). The lowest BCUT2D eigenvalue weighted by molar-refractivity contribution is 0.350. The van der Waals surface area contributed by atoms with Crippen molar-refractivity contribution in [3.05, 3.63) is 28.8 Å². The van der Waals surface area contributed by atoms with Crippen molar-refractivity contribution < 1.29 is 13.5 Å². The molecule has 0 fully saturated rings. The molecule has 1 aromatic carbocycles. The predicted octanol–water partition coefficient (Wildman–Crippen LogP) is 2.54. The zero-order valence-corrected chi connectivity index (χ0v) is 14.0. The van der Waals surface area contributed by atoms with Gasteiger partial charge in [0, 0.05) is 11.1 Å². The third kappa shape index (κ3) is 4.72. The molecular weight excluding hydrogens is 310 g/mol. The molecule has 0 atom stereocenters. The van der Waals surface area contributed by atoms with Gasteiger partial charge in [0.25, 0.3) is 0 Å². The number of sulfonamides is 1. The topological polar surface area (TPSA) is 66.4 Å². The Balaban J connectivity index is 3.15. The summed E-state index contributed by atoms with van der Waals surface area (Å²) < 4.78 is 27.6. The van der Waals surface area contributed by atoms with Gasteiger partial charge in [-0.05, 0) is 38.0 Å².